The number of amides is 1. The lowest BCUT2D eigenvalue weighted by molar-refractivity contribution is -0.142. The highest BCUT2D eigenvalue weighted by Gasteiger charge is 2.37. The molecular formula is C19H16ClF3N4O. The summed E-state index contributed by atoms with van der Waals surface area (Å²) in [5, 5.41) is 3.73. The van der Waals surface area contributed by atoms with Crippen LogP contribution in [-0.2, 0) is 6.18 Å². The largest absolute Gasteiger partial charge is 0.433 e. The van der Waals surface area contributed by atoms with Gasteiger partial charge in [-0.15, -0.1) is 0 Å². The molecule has 1 aliphatic heterocycles. The van der Waals surface area contributed by atoms with E-state index >= 15 is 0 Å². The van der Waals surface area contributed by atoms with Crippen LogP contribution in [0.5, 0.6) is 0 Å². The molecule has 1 fully saturated rings. The van der Waals surface area contributed by atoms with Crippen LogP contribution in [0.3, 0.4) is 0 Å². The highest BCUT2D eigenvalue weighted by atomic mass is 35.5. The molecule has 1 amide bonds. The first kappa shape index (κ1) is 18.7. The second-order valence-electron chi connectivity index (χ2n) is 6.64. The molecule has 0 atom stereocenters. The maximum Gasteiger partial charge on any atom is 0.433 e. The summed E-state index contributed by atoms with van der Waals surface area (Å²) in [6.45, 7) is 1.08. The van der Waals surface area contributed by atoms with Crippen molar-refractivity contribution in [2.45, 2.75) is 25.4 Å². The molecule has 2 aromatic heterocycles. The minimum absolute atomic E-state index is 0.110. The normalized spacial score (nSPS) is 15.2. The number of carbonyl (C=O) groups excluding carboxylic acids is 1. The summed E-state index contributed by atoms with van der Waals surface area (Å²) in [6.07, 6.45) is -1.98. The van der Waals surface area contributed by atoms with Crippen LogP contribution in [0.1, 0.15) is 35.4 Å². The van der Waals surface area contributed by atoms with E-state index in [1.165, 1.54) is 0 Å². The average Bonchev–Trinajstić information content (AvgIpc) is 3.04. The van der Waals surface area contributed by atoms with E-state index < -0.39 is 17.8 Å². The van der Waals surface area contributed by atoms with Gasteiger partial charge >= 0.3 is 6.18 Å². The maximum atomic E-state index is 13.7. The third kappa shape index (κ3) is 3.32. The number of halogens is 4. The Bertz CT molecular complexity index is 1030. The van der Waals surface area contributed by atoms with Crippen molar-refractivity contribution in [3.05, 3.63) is 52.8 Å². The minimum atomic E-state index is -4.69. The number of carbonyl (C=O) groups is 1. The van der Waals surface area contributed by atoms with Gasteiger partial charge < -0.3 is 4.90 Å². The van der Waals surface area contributed by atoms with Crippen LogP contribution in [0.2, 0.25) is 5.02 Å². The number of likely N-dealkylation sites (tertiary alicyclic amines) is 1. The second-order valence-corrected chi connectivity index (χ2v) is 7.02. The molecule has 5 nitrogen and oxygen atoms in total. The summed E-state index contributed by atoms with van der Waals surface area (Å²) in [4.78, 5) is 18.6. The van der Waals surface area contributed by atoms with Crippen molar-refractivity contribution in [2.24, 2.45) is 0 Å². The van der Waals surface area contributed by atoms with E-state index in [2.05, 4.69) is 10.1 Å². The Morgan fingerprint density at radius 1 is 1.07 bits per heavy atom. The first-order valence-electron chi connectivity index (χ1n) is 8.87. The number of piperidine rings is 1. The van der Waals surface area contributed by atoms with Gasteiger partial charge in [-0.1, -0.05) is 41.9 Å². The van der Waals surface area contributed by atoms with E-state index in [1.54, 1.807) is 35.2 Å². The van der Waals surface area contributed by atoms with Crippen LogP contribution in [0.15, 0.2) is 36.4 Å². The zero-order valence-electron chi connectivity index (χ0n) is 14.7. The third-order valence-corrected chi connectivity index (χ3v) is 5.09. The van der Waals surface area contributed by atoms with Gasteiger partial charge in [0.1, 0.15) is 5.02 Å². The number of benzene rings is 1. The Balaban J connectivity index is 1.89. The first-order chi connectivity index (χ1) is 13.4. The lowest BCUT2D eigenvalue weighted by Gasteiger charge is -2.25. The van der Waals surface area contributed by atoms with Crippen LogP contribution in [0.25, 0.3) is 16.9 Å². The zero-order chi connectivity index (χ0) is 19.9. The smallest absolute Gasteiger partial charge is 0.337 e. The van der Waals surface area contributed by atoms with Crippen LogP contribution in [-0.4, -0.2) is 38.5 Å². The fourth-order valence-electron chi connectivity index (χ4n) is 3.33. The highest BCUT2D eigenvalue weighted by Crippen LogP contribution is 2.34. The Morgan fingerprint density at radius 2 is 1.75 bits per heavy atom. The van der Waals surface area contributed by atoms with Crippen molar-refractivity contribution < 1.29 is 18.0 Å². The lowest BCUT2D eigenvalue weighted by atomic mass is 10.1. The third-order valence-electron chi connectivity index (χ3n) is 4.74. The summed E-state index contributed by atoms with van der Waals surface area (Å²) in [6, 6.07) is 9.40. The van der Waals surface area contributed by atoms with Crippen LogP contribution in [0, 0.1) is 0 Å². The van der Waals surface area contributed by atoms with E-state index in [1.807, 2.05) is 0 Å². The molecule has 1 aromatic carbocycles. The number of fused-ring (bicyclic) bond motifs is 1. The molecule has 9 heteroatoms. The van der Waals surface area contributed by atoms with Crippen molar-refractivity contribution in [3.8, 4) is 11.3 Å². The highest BCUT2D eigenvalue weighted by molar-refractivity contribution is 6.36. The van der Waals surface area contributed by atoms with Crippen molar-refractivity contribution in [2.75, 3.05) is 13.1 Å². The summed E-state index contributed by atoms with van der Waals surface area (Å²) >= 11 is 6.29. The van der Waals surface area contributed by atoms with Crippen molar-refractivity contribution in [1.29, 1.82) is 0 Å². The molecule has 0 bridgehead atoms. The van der Waals surface area contributed by atoms with Gasteiger partial charge in [-0.2, -0.15) is 18.3 Å². The van der Waals surface area contributed by atoms with E-state index in [-0.39, 0.29) is 22.1 Å². The number of hydrogen-bond acceptors (Lipinski definition) is 3. The molecule has 146 valence electrons. The van der Waals surface area contributed by atoms with Crippen molar-refractivity contribution in [1.82, 2.24) is 19.5 Å². The van der Waals surface area contributed by atoms with Gasteiger partial charge in [0, 0.05) is 18.7 Å². The molecule has 0 radical (unpaired) electrons. The summed E-state index contributed by atoms with van der Waals surface area (Å²) in [7, 11) is 0. The predicted octanol–water partition coefficient (Wildman–Crippen LogP) is 4.69. The second kappa shape index (κ2) is 7.09. The molecule has 0 aliphatic carbocycles. The van der Waals surface area contributed by atoms with Gasteiger partial charge in [0.25, 0.3) is 5.91 Å². The molecule has 4 rings (SSSR count). The summed E-state index contributed by atoms with van der Waals surface area (Å²) in [5.41, 5.74) is -0.797. The molecule has 1 saturated heterocycles. The minimum Gasteiger partial charge on any atom is -0.337 e. The number of aromatic nitrogens is 3. The molecule has 3 aromatic rings. The molecule has 0 spiro atoms. The summed E-state index contributed by atoms with van der Waals surface area (Å²) < 4.78 is 41.7. The van der Waals surface area contributed by atoms with Crippen LogP contribution < -0.4 is 0 Å². The molecule has 1 aliphatic rings. The van der Waals surface area contributed by atoms with Crippen molar-refractivity contribution in [3.63, 3.8) is 0 Å². The van der Waals surface area contributed by atoms with E-state index in [4.69, 9.17) is 11.6 Å². The zero-order valence-corrected chi connectivity index (χ0v) is 15.5. The predicted molar refractivity (Wildman–Crippen MR) is 98.2 cm³/mol. The number of hydrogen-bond donors (Lipinski definition) is 0. The SMILES string of the molecule is O=C(c1nn2c(C(F)(F)F)cc(-c3ccccc3)nc2c1Cl)N1CCCCC1. The number of rotatable bonds is 2. The van der Waals surface area contributed by atoms with E-state index in [9.17, 15) is 18.0 Å². The molecule has 28 heavy (non-hydrogen) atoms. The van der Waals surface area contributed by atoms with E-state index in [0.717, 1.165) is 25.3 Å². The quantitative estimate of drug-likeness (QED) is 0.618. The topological polar surface area (TPSA) is 50.5 Å². The fourth-order valence-corrected chi connectivity index (χ4v) is 3.57. The molecular weight excluding hydrogens is 393 g/mol. The standard InChI is InChI=1S/C19H16ClF3N4O/c20-15-16(18(28)26-9-5-2-6-10-26)25-27-14(19(21,22)23)11-13(24-17(15)27)12-7-3-1-4-8-12/h1,3-4,7-8,11H,2,5-6,9-10H2. The van der Waals surface area contributed by atoms with Crippen LogP contribution in [0.4, 0.5) is 13.2 Å². The molecule has 0 saturated carbocycles. The molecule has 3 heterocycles. The molecule has 0 unspecified atom stereocenters. The Hall–Kier alpha value is -2.61. The number of nitrogens with zero attached hydrogens (tertiary/aromatic N) is 4. The Morgan fingerprint density at radius 3 is 2.39 bits per heavy atom. The van der Waals surface area contributed by atoms with Gasteiger partial charge in [0.2, 0.25) is 0 Å². The van der Waals surface area contributed by atoms with Gasteiger partial charge in [-0.25, -0.2) is 9.50 Å². The van der Waals surface area contributed by atoms with Crippen molar-refractivity contribution >= 4 is 23.2 Å². The van der Waals surface area contributed by atoms with Crippen LogP contribution >= 0.6 is 11.6 Å². The fraction of sp³-hybridized carbons (Fsp3) is 0.316. The number of alkyl halides is 3. The maximum absolute atomic E-state index is 13.7. The van der Waals surface area contributed by atoms with E-state index in [0.29, 0.717) is 23.2 Å². The van der Waals surface area contributed by atoms with Gasteiger partial charge in [0.15, 0.2) is 17.0 Å². The van der Waals surface area contributed by atoms with Gasteiger partial charge in [0.05, 0.1) is 5.69 Å². The Kier molecular flexibility index (Phi) is 4.74. The van der Waals surface area contributed by atoms with Gasteiger partial charge in [-0.05, 0) is 25.3 Å². The summed E-state index contributed by atoms with van der Waals surface area (Å²) in [5.74, 6) is -0.468. The average molecular weight is 409 g/mol. The van der Waals surface area contributed by atoms with Gasteiger partial charge in [-0.3, -0.25) is 4.79 Å². The first-order valence-corrected chi connectivity index (χ1v) is 9.25. The monoisotopic (exact) mass is 408 g/mol. The Labute approximate surface area is 163 Å². The molecule has 0 N–H and O–H groups in total. The lowest BCUT2D eigenvalue weighted by Crippen LogP contribution is -2.36.